The molecule has 7 heteroatoms. The van der Waals surface area contributed by atoms with Crippen LogP contribution >= 0.6 is 0 Å². The lowest BCUT2D eigenvalue weighted by Crippen LogP contribution is -2.17. The van der Waals surface area contributed by atoms with Gasteiger partial charge in [-0.3, -0.25) is 4.79 Å². The third-order valence-corrected chi connectivity index (χ3v) is 3.13. The minimum Gasteiger partial charge on any atom is -0.481 e. The van der Waals surface area contributed by atoms with E-state index in [0.29, 0.717) is 6.07 Å². The SMILES string of the molecule is O=C(O)C1CNC(c2cc(F)cc(C(F)(F)F)c2)C1. The molecule has 0 aliphatic carbocycles. The Labute approximate surface area is 106 Å². The van der Waals surface area contributed by atoms with Crippen molar-refractivity contribution in [3.8, 4) is 0 Å². The van der Waals surface area contributed by atoms with Crippen LogP contribution in [0, 0.1) is 11.7 Å². The Balaban J connectivity index is 2.26. The van der Waals surface area contributed by atoms with Crippen molar-refractivity contribution in [3.63, 3.8) is 0 Å². The number of carboxylic acids is 1. The van der Waals surface area contributed by atoms with E-state index < -0.39 is 35.5 Å². The minimum atomic E-state index is -4.62. The van der Waals surface area contributed by atoms with Gasteiger partial charge in [-0.15, -0.1) is 0 Å². The molecule has 0 amide bonds. The van der Waals surface area contributed by atoms with Gasteiger partial charge in [0.25, 0.3) is 0 Å². The molecule has 1 fully saturated rings. The van der Waals surface area contributed by atoms with Gasteiger partial charge in [-0.05, 0) is 30.2 Å². The molecule has 1 aliphatic rings. The Morgan fingerprint density at radius 1 is 1.32 bits per heavy atom. The van der Waals surface area contributed by atoms with Gasteiger partial charge in [0.2, 0.25) is 0 Å². The van der Waals surface area contributed by atoms with Crippen LogP contribution < -0.4 is 5.32 Å². The summed E-state index contributed by atoms with van der Waals surface area (Å²) in [5, 5.41) is 11.6. The number of carboxylic acid groups (broad SMARTS) is 1. The molecule has 1 heterocycles. The first-order valence-electron chi connectivity index (χ1n) is 5.61. The smallest absolute Gasteiger partial charge is 0.416 e. The van der Waals surface area contributed by atoms with Crippen molar-refractivity contribution in [2.75, 3.05) is 6.54 Å². The zero-order valence-electron chi connectivity index (χ0n) is 9.67. The summed E-state index contributed by atoms with van der Waals surface area (Å²) in [6.45, 7) is 0.165. The maximum Gasteiger partial charge on any atom is 0.416 e. The Hall–Kier alpha value is -1.63. The van der Waals surface area contributed by atoms with Crippen molar-refractivity contribution in [3.05, 3.63) is 35.1 Å². The number of nitrogens with one attached hydrogen (secondary N) is 1. The van der Waals surface area contributed by atoms with Crippen molar-refractivity contribution < 1.29 is 27.5 Å². The highest BCUT2D eigenvalue weighted by molar-refractivity contribution is 5.70. The molecule has 0 saturated carbocycles. The summed E-state index contributed by atoms with van der Waals surface area (Å²) in [7, 11) is 0. The largest absolute Gasteiger partial charge is 0.481 e. The molecule has 1 aliphatic heterocycles. The Morgan fingerprint density at radius 3 is 2.53 bits per heavy atom. The van der Waals surface area contributed by atoms with Crippen LogP contribution in [0.4, 0.5) is 17.6 Å². The number of hydrogen-bond acceptors (Lipinski definition) is 2. The summed E-state index contributed by atoms with van der Waals surface area (Å²) < 4.78 is 50.9. The molecule has 2 N–H and O–H groups in total. The third kappa shape index (κ3) is 3.04. The van der Waals surface area contributed by atoms with Gasteiger partial charge in [0.05, 0.1) is 11.5 Å². The van der Waals surface area contributed by atoms with E-state index in [1.807, 2.05) is 0 Å². The molecule has 0 bridgehead atoms. The molecule has 2 atom stereocenters. The van der Waals surface area contributed by atoms with Crippen LogP contribution in [-0.4, -0.2) is 17.6 Å². The average Bonchev–Trinajstić information content (AvgIpc) is 2.76. The topological polar surface area (TPSA) is 49.3 Å². The number of benzene rings is 1. The van der Waals surface area contributed by atoms with Gasteiger partial charge in [0.1, 0.15) is 5.82 Å². The molecule has 1 saturated heterocycles. The second-order valence-electron chi connectivity index (χ2n) is 4.50. The second-order valence-corrected chi connectivity index (χ2v) is 4.50. The second kappa shape index (κ2) is 4.80. The first kappa shape index (κ1) is 13.8. The highest BCUT2D eigenvalue weighted by Crippen LogP contribution is 2.34. The summed E-state index contributed by atoms with van der Waals surface area (Å²) >= 11 is 0. The molecule has 0 aromatic heterocycles. The van der Waals surface area contributed by atoms with E-state index in [4.69, 9.17) is 5.11 Å². The van der Waals surface area contributed by atoms with E-state index in [1.54, 1.807) is 0 Å². The molecule has 2 rings (SSSR count). The van der Waals surface area contributed by atoms with Gasteiger partial charge in [0.15, 0.2) is 0 Å². The van der Waals surface area contributed by atoms with E-state index in [0.717, 1.165) is 12.1 Å². The Kier molecular flexibility index (Phi) is 3.49. The Morgan fingerprint density at radius 2 is 2.00 bits per heavy atom. The number of carbonyl (C=O) groups is 1. The molecule has 3 nitrogen and oxygen atoms in total. The minimum absolute atomic E-state index is 0.121. The van der Waals surface area contributed by atoms with E-state index >= 15 is 0 Å². The molecular weight excluding hydrogens is 266 g/mol. The third-order valence-electron chi connectivity index (χ3n) is 3.13. The predicted molar refractivity (Wildman–Crippen MR) is 57.9 cm³/mol. The maximum absolute atomic E-state index is 13.2. The number of rotatable bonds is 2. The number of aliphatic carboxylic acids is 1. The lowest BCUT2D eigenvalue weighted by atomic mass is 9.98. The average molecular weight is 277 g/mol. The van der Waals surface area contributed by atoms with Gasteiger partial charge < -0.3 is 10.4 Å². The van der Waals surface area contributed by atoms with Gasteiger partial charge in [0, 0.05) is 12.6 Å². The predicted octanol–water partition coefficient (Wildman–Crippen LogP) is 2.58. The Bertz CT molecular complexity index is 501. The fraction of sp³-hybridized carbons (Fsp3) is 0.417. The van der Waals surface area contributed by atoms with E-state index in [2.05, 4.69) is 5.32 Å². The molecule has 1 aromatic rings. The fourth-order valence-electron chi connectivity index (χ4n) is 2.15. The molecule has 1 aromatic carbocycles. The maximum atomic E-state index is 13.2. The lowest BCUT2D eigenvalue weighted by molar-refractivity contribution is -0.141. The van der Waals surface area contributed by atoms with E-state index in [9.17, 15) is 22.4 Å². The van der Waals surface area contributed by atoms with Gasteiger partial charge in [-0.2, -0.15) is 13.2 Å². The fourth-order valence-corrected chi connectivity index (χ4v) is 2.15. The summed E-state index contributed by atoms with van der Waals surface area (Å²) in [5.74, 6) is -2.66. The zero-order chi connectivity index (χ0) is 14.2. The van der Waals surface area contributed by atoms with Crippen LogP contribution in [-0.2, 0) is 11.0 Å². The molecule has 0 spiro atoms. The summed E-state index contributed by atoms with van der Waals surface area (Å²) in [5.41, 5.74) is -0.945. The molecule has 104 valence electrons. The van der Waals surface area contributed by atoms with Crippen molar-refractivity contribution in [1.29, 1.82) is 0 Å². The quantitative estimate of drug-likeness (QED) is 0.817. The molecule has 0 radical (unpaired) electrons. The van der Waals surface area contributed by atoms with Crippen molar-refractivity contribution in [2.24, 2.45) is 5.92 Å². The van der Waals surface area contributed by atoms with E-state index in [1.165, 1.54) is 0 Å². The monoisotopic (exact) mass is 277 g/mol. The zero-order valence-corrected chi connectivity index (χ0v) is 9.67. The van der Waals surface area contributed by atoms with Crippen LogP contribution in [0.25, 0.3) is 0 Å². The van der Waals surface area contributed by atoms with Gasteiger partial charge >= 0.3 is 12.1 Å². The van der Waals surface area contributed by atoms with Crippen LogP contribution in [0.5, 0.6) is 0 Å². The summed E-state index contributed by atoms with van der Waals surface area (Å²) in [6, 6.07) is 1.70. The van der Waals surface area contributed by atoms with Crippen molar-refractivity contribution in [1.82, 2.24) is 5.32 Å². The van der Waals surface area contributed by atoms with E-state index in [-0.39, 0.29) is 18.5 Å². The summed E-state index contributed by atoms with van der Waals surface area (Å²) in [4.78, 5) is 10.8. The molecular formula is C12H11F4NO2. The molecule has 2 unspecified atom stereocenters. The van der Waals surface area contributed by atoms with Gasteiger partial charge in [-0.1, -0.05) is 0 Å². The number of halogens is 4. The van der Waals surface area contributed by atoms with Crippen molar-refractivity contribution in [2.45, 2.75) is 18.6 Å². The number of alkyl halides is 3. The van der Waals surface area contributed by atoms with Crippen LogP contribution in [0.15, 0.2) is 18.2 Å². The van der Waals surface area contributed by atoms with Crippen LogP contribution in [0.1, 0.15) is 23.6 Å². The van der Waals surface area contributed by atoms with Gasteiger partial charge in [-0.25, -0.2) is 4.39 Å². The number of hydrogen-bond donors (Lipinski definition) is 2. The molecule has 19 heavy (non-hydrogen) atoms. The van der Waals surface area contributed by atoms with Crippen molar-refractivity contribution >= 4 is 5.97 Å². The van der Waals surface area contributed by atoms with Crippen LogP contribution in [0.2, 0.25) is 0 Å². The highest BCUT2D eigenvalue weighted by Gasteiger charge is 2.34. The highest BCUT2D eigenvalue weighted by atomic mass is 19.4. The normalized spacial score (nSPS) is 23.6. The first-order chi connectivity index (χ1) is 8.77. The lowest BCUT2D eigenvalue weighted by Gasteiger charge is -2.14. The standard InChI is InChI=1S/C12H11F4NO2/c13-9-2-6(1-8(4-9)12(14,15)16)10-3-7(5-17-10)11(18)19/h1-2,4,7,10,17H,3,5H2,(H,18,19). The summed E-state index contributed by atoms with van der Waals surface area (Å²) in [6.07, 6.45) is -4.47. The first-order valence-corrected chi connectivity index (χ1v) is 5.61. The van der Waals surface area contributed by atoms with Crippen LogP contribution in [0.3, 0.4) is 0 Å².